The molecule has 0 saturated heterocycles. The van der Waals surface area contributed by atoms with Crippen LogP contribution in [0.5, 0.6) is 0 Å². The lowest BCUT2D eigenvalue weighted by atomic mass is 10.3. The van der Waals surface area contributed by atoms with Crippen molar-refractivity contribution in [2.45, 2.75) is 0 Å². The number of hydrogen-bond acceptors (Lipinski definition) is 8. The SMILES string of the molecule is [O-][N+](=Nc1ccc(N=Nc2ccccc2)cc1)c1ccc(N=Nc2ccc(N=Nc3ccccc3)cc2)cc1. The molecule has 0 heterocycles. The summed E-state index contributed by atoms with van der Waals surface area (Å²) in [7, 11) is 0. The second kappa shape index (κ2) is 12.5. The average Bonchev–Trinajstić information content (AvgIpc) is 3.00. The molecule has 0 aliphatic heterocycles. The zero-order valence-electron chi connectivity index (χ0n) is 20.7. The first-order valence-electron chi connectivity index (χ1n) is 12.1. The van der Waals surface area contributed by atoms with Crippen LogP contribution in [-0.2, 0) is 0 Å². The average molecular weight is 511 g/mol. The van der Waals surface area contributed by atoms with Gasteiger partial charge < -0.3 is 5.21 Å². The number of azo groups is 4. The molecule has 0 fully saturated rings. The fraction of sp³-hybridized carbons (Fsp3) is 0. The van der Waals surface area contributed by atoms with E-state index in [1.54, 1.807) is 48.5 Å². The molecule has 0 unspecified atom stereocenters. The number of nitrogens with zero attached hydrogens (tertiary/aromatic N) is 8. The maximum atomic E-state index is 12.5. The summed E-state index contributed by atoms with van der Waals surface area (Å²) in [5, 5.41) is 41.9. The smallest absolute Gasteiger partial charge is 0.245 e. The molecule has 0 aliphatic rings. The van der Waals surface area contributed by atoms with Gasteiger partial charge in [0, 0.05) is 17.2 Å². The minimum Gasteiger partial charge on any atom is -0.594 e. The molecule has 5 aromatic carbocycles. The summed E-state index contributed by atoms with van der Waals surface area (Å²) in [6.45, 7) is 0. The highest BCUT2D eigenvalue weighted by Gasteiger charge is 2.05. The van der Waals surface area contributed by atoms with Crippen LogP contribution in [-0.4, -0.2) is 4.86 Å². The molecule has 0 spiro atoms. The van der Waals surface area contributed by atoms with E-state index in [1.165, 1.54) is 0 Å². The lowest BCUT2D eigenvalue weighted by Gasteiger charge is -2.00. The molecule has 0 amide bonds. The van der Waals surface area contributed by atoms with E-state index in [9.17, 15) is 5.21 Å². The highest BCUT2D eigenvalue weighted by molar-refractivity contribution is 5.50. The van der Waals surface area contributed by atoms with E-state index in [0.29, 0.717) is 39.0 Å². The van der Waals surface area contributed by atoms with Gasteiger partial charge in [0.1, 0.15) is 5.69 Å². The van der Waals surface area contributed by atoms with E-state index in [0.717, 1.165) is 11.4 Å². The number of hydrogen-bond donors (Lipinski definition) is 0. The van der Waals surface area contributed by atoms with Crippen molar-refractivity contribution in [3.63, 3.8) is 0 Å². The Hall–Kier alpha value is -5.70. The zero-order chi connectivity index (χ0) is 26.7. The summed E-state index contributed by atoms with van der Waals surface area (Å²) in [6.07, 6.45) is 0. The minimum absolute atomic E-state index is 0.370. The largest absolute Gasteiger partial charge is 0.594 e. The van der Waals surface area contributed by atoms with Gasteiger partial charge in [0.05, 0.1) is 34.1 Å². The Balaban J connectivity index is 1.18. The Morgan fingerprint density at radius 2 is 0.615 bits per heavy atom. The predicted octanol–water partition coefficient (Wildman–Crippen LogP) is 10.9. The van der Waals surface area contributed by atoms with Gasteiger partial charge in [-0.1, -0.05) is 41.3 Å². The van der Waals surface area contributed by atoms with Crippen LogP contribution in [0, 0.1) is 5.21 Å². The third-order valence-electron chi connectivity index (χ3n) is 5.33. The summed E-state index contributed by atoms with van der Waals surface area (Å²) in [6, 6.07) is 39.8. The van der Waals surface area contributed by atoms with Crippen molar-refractivity contribution in [1.82, 2.24) is 0 Å². The van der Waals surface area contributed by atoms with Crippen molar-refractivity contribution in [3.8, 4) is 0 Å². The Morgan fingerprint density at radius 3 is 0.974 bits per heavy atom. The summed E-state index contributed by atoms with van der Waals surface area (Å²) in [5.74, 6) is 0. The van der Waals surface area contributed by atoms with Crippen LogP contribution in [0.4, 0.5) is 45.5 Å². The Kier molecular flexibility index (Phi) is 8.01. The van der Waals surface area contributed by atoms with Gasteiger partial charge in [-0.2, -0.15) is 30.7 Å². The lowest BCUT2D eigenvalue weighted by molar-refractivity contribution is -0.435. The quantitative estimate of drug-likeness (QED) is 0.115. The molecule has 0 aliphatic carbocycles. The van der Waals surface area contributed by atoms with Crippen LogP contribution in [0.2, 0.25) is 0 Å². The van der Waals surface area contributed by atoms with Crippen molar-refractivity contribution in [3.05, 3.63) is 139 Å². The molecular weight excluding hydrogens is 488 g/mol. The molecule has 9 heteroatoms. The van der Waals surface area contributed by atoms with E-state index >= 15 is 0 Å². The molecule has 0 aromatic heterocycles. The number of benzene rings is 5. The summed E-state index contributed by atoms with van der Waals surface area (Å²) in [4.78, 5) is 0.560. The molecule has 9 nitrogen and oxygen atoms in total. The van der Waals surface area contributed by atoms with E-state index < -0.39 is 0 Å². The molecule has 188 valence electrons. The van der Waals surface area contributed by atoms with Crippen LogP contribution in [0.25, 0.3) is 0 Å². The monoisotopic (exact) mass is 510 g/mol. The van der Waals surface area contributed by atoms with Crippen molar-refractivity contribution in [1.29, 1.82) is 0 Å². The van der Waals surface area contributed by atoms with Gasteiger partial charge in [-0.15, -0.1) is 0 Å². The Bertz CT molecular complexity index is 1610. The van der Waals surface area contributed by atoms with Crippen LogP contribution in [0.3, 0.4) is 0 Å². The second-order valence-electron chi connectivity index (χ2n) is 8.19. The fourth-order valence-corrected chi connectivity index (χ4v) is 3.32. The van der Waals surface area contributed by atoms with Gasteiger partial charge in [0.2, 0.25) is 5.69 Å². The van der Waals surface area contributed by atoms with Gasteiger partial charge in [-0.05, 0) is 84.9 Å². The van der Waals surface area contributed by atoms with Crippen LogP contribution in [0.1, 0.15) is 0 Å². The summed E-state index contributed by atoms with van der Waals surface area (Å²) in [5.41, 5.74) is 5.07. The molecule has 5 rings (SSSR count). The molecule has 39 heavy (non-hydrogen) atoms. The van der Waals surface area contributed by atoms with E-state index in [1.807, 2.05) is 84.9 Å². The van der Waals surface area contributed by atoms with Gasteiger partial charge in [-0.25, -0.2) is 0 Å². The van der Waals surface area contributed by atoms with Crippen molar-refractivity contribution in [2.24, 2.45) is 35.8 Å². The first-order valence-corrected chi connectivity index (χ1v) is 12.1. The zero-order valence-corrected chi connectivity index (χ0v) is 20.7. The number of rotatable bonds is 8. The van der Waals surface area contributed by atoms with Crippen molar-refractivity contribution in [2.75, 3.05) is 0 Å². The topological polar surface area (TPSA) is 113 Å². The first-order chi connectivity index (χ1) is 19.2. The highest BCUT2D eigenvalue weighted by atomic mass is 16.5. The van der Waals surface area contributed by atoms with Gasteiger partial charge in [-0.3, -0.25) is 0 Å². The molecule has 0 saturated carbocycles. The van der Waals surface area contributed by atoms with Crippen LogP contribution in [0.15, 0.2) is 169 Å². The van der Waals surface area contributed by atoms with E-state index in [2.05, 4.69) is 35.8 Å². The first kappa shape index (κ1) is 25.0. The molecule has 0 radical (unpaired) electrons. The van der Waals surface area contributed by atoms with Crippen molar-refractivity contribution >= 4 is 45.5 Å². The summed E-state index contributed by atoms with van der Waals surface area (Å²) < 4.78 is 0. The standard InChI is InChI=1S/C30H22N8O/c39-38(37-29-17-15-27(16-18-29)34-32-24-9-5-2-6-10-24)30-21-19-28(20-22-30)36-35-26-13-11-25(12-14-26)33-31-23-7-3-1-4-8-23/h1-22H. The highest BCUT2D eigenvalue weighted by Crippen LogP contribution is 2.26. The minimum atomic E-state index is 0.370. The Morgan fingerprint density at radius 1 is 0.333 bits per heavy atom. The maximum Gasteiger partial charge on any atom is 0.245 e. The van der Waals surface area contributed by atoms with Gasteiger partial charge in [0.15, 0.2) is 0 Å². The van der Waals surface area contributed by atoms with E-state index in [4.69, 9.17) is 0 Å². The van der Waals surface area contributed by atoms with Gasteiger partial charge >= 0.3 is 0 Å². The lowest BCUT2D eigenvalue weighted by Crippen LogP contribution is -1.89. The van der Waals surface area contributed by atoms with Crippen molar-refractivity contribution < 1.29 is 4.86 Å². The molecular formula is C30H22N8O. The third kappa shape index (κ3) is 7.40. The Labute approximate surface area is 224 Å². The third-order valence-corrected chi connectivity index (χ3v) is 5.33. The molecule has 0 N–H and O–H groups in total. The normalized spacial score (nSPS) is 12.1. The fourth-order valence-electron chi connectivity index (χ4n) is 3.32. The van der Waals surface area contributed by atoms with E-state index in [-0.39, 0.29) is 0 Å². The summed E-state index contributed by atoms with van der Waals surface area (Å²) >= 11 is 0. The van der Waals surface area contributed by atoms with Crippen LogP contribution >= 0.6 is 0 Å². The second-order valence-corrected chi connectivity index (χ2v) is 8.19. The molecule has 0 bridgehead atoms. The molecule has 0 atom stereocenters. The molecule has 5 aromatic rings. The van der Waals surface area contributed by atoms with Gasteiger partial charge in [0.25, 0.3) is 0 Å². The van der Waals surface area contributed by atoms with Crippen LogP contribution < -0.4 is 0 Å². The maximum absolute atomic E-state index is 12.5. The predicted molar refractivity (Wildman–Crippen MR) is 150 cm³/mol.